The van der Waals surface area contributed by atoms with Crippen LogP contribution in [0.3, 0.4) is 0 Å². The molecule has 0 radical (unpaired) electrons. The average Bonchev–Trinajstić information content (AvgIpc) is 2.74. The van der Waals surface area contributed by atoms with Crippen LogP contribution in [0, 0.1) is 6.92 Å². The van der Waals surface area contributed by atoms with Gasteiger partial charge in [0.25, 0.3) is 0 Å². The van der Waals surface area contributed by atoms with E-state index in [1.54, 1.807) is 0 Å². The summed E-state index contributed by atoms with van der Waals surface area (Å²) in [5.74, 6) is 0. The zero-order chi connectivity index (χ0) is 21.1. The molecular weight excluding hydrogens is 385 g/mol. The van der Waals surface area contributed by atoms with Gasteiger partial charge in [-0.15, -0.1) is 0 Å². The second kappa shape index (κ2) is 8.34. The van der Waals surface area contributed by atoms with Gasteiger partial charge in [0, 0.05) is 27.8 Å². The average molecular weight is 411 g/mol. The first kappa shape index (κ1) is 20.2. The van der Waals surface area contributed by atoms with Crippen molar-refractivity contribution in [1.29, 1.82) is 0 Å². The molecule has 150 valence electrons. The van der Waals surface area contributed by atoms with Crippen LogP contribution in [0.4, 0.5) is 11.4 Å². The van der Waals surface area contributed by atoms with Crippen LogP contribution < -0.4 is 10.6 Å². The Balaban J connectivity index is 1.83. The van der Waals surface area contributed by atoms with Gasteiger partial charge in [-0.25, -0.2) is 0 Å². The van der Waals surface area contributed by atoms with Crippen molar-refractivity contribution in [1.82, 2.24) is 0 Å². The van der Waals surface area contributed by atoms with Gasteiger partial charge >= 0.3 is 0 Å². The van der Waals surface area contributed by atoms with E-state index in [0.29, 0.717) is 0 Å². The SMILES string of the molecule is Cc1ccccc1-c1ccccc1Nc1ccccc1-c1ccccc1P(C)(C)=O. The first-order valence-electron chi connectivity index (χ1n) is 10.1. The molecule has 4 rings (SSSR count). The van der Waals surface area contributed by atoms with E-state index in [1.807, 2.05) is 49.7 Å². The number of hydrogen-bond donors (Lipinski definition) is 1. The van der Waals surface area contributed by atoms with Crippen molar-refractivity contribution in [3.63, 3.8) is 0 Å². The maximum atomic E-state index is 12.9. The van der Waals surface area contributed by atoms with Gasteiger partial charge in [0.1, 0.15) is 7.14 Å². The van der Waals surface area contributed by atoms with Gasteiger partial charge < -0.3 is 9.88 Å². The molecule has 0 spiro atoms. The molecule has 0 aliphatic heterocycles. The lowest BCUT2D eigenvalue weighted by Gasteiger charge is -2.19. The van der Waals surface area contributed by atoms with Gasteiger partial charge in [0.15, 0.2) is 0 Å². The van der Waals surface area contributed by atoms with E-state index in [9.17, 15) is 4.57 Å². The number of hydrogen-bond acceptors (Lipinski definition) is 2. The van der Waals surface area contributed by atoms with E-state index in [-0.39, 0.29) is 0 Å². The van der Waals surface area contributed by atoms with Crippen LogP contribution in [0.1, 0.15) is 5.56 Å². The minimum Gasteiger partial charge on any atom is -0.355 e. The monoisotopic (exact) mass is 411 g/mol. The van der Waals surface area contributed by atoms with Gasteiger partial charge in [0.05, 0.1) is 0 Å². The van der Waals surface area contributed by atoms with Crippen molar-refractivity contribution in [2.45, 2.75) is 6.92 Å². The fraction of sp³-hybridized carbons (Fsp3) is 0.111. The number of benzene rings is 4. The summed E-state index contributed by atoms with van der Waals surface area (Å²) >= 11 is 0. The minimum atomic E-state index is -2.42. The molecule has 0 bridgehead atoms. The summed E-state index contributed by atoms with van der Waals surface area (Å²) in [6.45, 7) is 5.79. The molecule has 0 atom stereocenters. The predicted octanol–water partition coefficient (Wildman–Crippen LogP) is 7.32. The van der Waals surface area contributed by atoms with E-state index >= 15 is 0 Å². The van der Waals surface area contributed by atoms with Crippen molar-refractivity contribution in [2.24, 2.45) is 0 Å². The molecule has 4 aromatic rings. The Labute approximate surface area is 179 Å². The van der Waals surface area contributed by atoms with Gasteiger partial charge in [0.2, 0.25) is 0 Å². The highest BCUT2D eigenvalue weighted by Crippen LogP contribution is 2.41. The number of rotatable bonds is 5. The molecule has 0 saturated heterocycles. The van der Waals surface area contributed by atoms with Crippen LogP contribution in [-0.4, -0.2) is 13.3 Å². The lowest BCUT2D eigenvalue weighted by Crippen LogP contribution is -2.07. The Hall–Kier alpha value is -3.09. The summed E-state index contributed by atoms with van der Waals surface area (Å²) < 4.78 is 12.9. The molecule has 0 unspecified atom stereocenters. The quantitative estimate of drug-likeness (QED) is 0.349. The highest BCUT2D eigenvalue weighted by Gasteiger charge is 2.18. The molecule has 0 aromatic heterocycles. The van der Waals surface area contributed by atoms with Crippen LogP contribution in [0.5, 0.6) is 0 Å². The Morgan fingerprint density at radius 3 is 1.57 bits per heavy atom. The summed E-state index contributed by atoms with van der Waals surface area (Å²) in [5, 5.41) is 4.56. The summed E-state index contributed by atoms with van der Waals surface area (Å²) in [6.07, 6.45) is 0. The van der Waals surface area contributed by atoms with Crippen molar-refractivity contribution < 1.29 is 4.57 Å². The zero-order valence-electron chi connectivity index (χ0n) is 17.6. The topological polar surface area (TPSA) is 29.1 Å². The smallest absolute Gasteiger partial charge is 0.110 e. The first-order chi connectivity index (χ1) is 14.4. The zero-order valence-corrected chi connectivity index (χ0v) is 18.5. The summed E-state index contributed by atoms with van der Waals surface area (Å²) in [7, 11) is -2.42. The fourth-order valence-corrected chi connectivity index (χ4v) is 5.07. The van der Waals surface area contributed by atoms with Gasteiger partial charge in [-0.1, -0.05) is 84.9 Å². The molecule has 0 aliphatic rings. The molecular formula is C27H26NOP. The third kappa shape index (κ3) is 4.10. The molecule has 2 nitrogen and oxygen atoms in total. The van der Waals surface area contributed by atoms with Crippen LogP contribution in [0.15, 0.2) is 97.1 Å². The summed E-state index contributed by atoms with van der Waals surface area (Å²) in [4.78, 5) is 0. The molecule has 0 amide bonds. The Morgan fingerprint density at radius 2 is 1.00 bits per heavy atom. The fourth-order valence-electron chi connectivity index (χ4n) is 3.85. The van der Waals surface area contributed by atoms with E-state index < -0.39 is 7.14 Å². The highest BCUT2D eigenvalue weighted by molar-refractivity contribution is 7.70. The summed E-state index contributed by atoms with van der Waals surface area (Å²) in [5.41, 5.74) is 7.73. The predicted molar refractivity (Wildman–Crippen MR) is 131 cm³/mol. The molecule has 0 heterocycles. The molecule has 1 N–H and O–H groups in total. The largest absolute Gasteiger partial charge is 0.355 e. The first-order valence-corrected chi connectivity index (χ1v) is 12.7. The number of nitrogens with one attached hydrogen (secondary N) is 1. The van der Waals surface area contributed by atoms with Gasteiger partial charge in [-0.05, 0) is 49.1 Å². The van der Waals surface area contributed by atoms with Gasteiger partial charge in [-0.3, -0.25) is 0 Å². The molecule has 3 heteroatoms. The summed E-state index contributed by atoms with van der Waals surface area (Å²) in [6, 6.07) is 33.0. The molecule has 0 fully saturated rings. The lowest BCUT2D eigenvalue weighted by atomic mass is 9.98. The molecule has 30 heavy (non-hydrogen) atoms. The molecule has 4 aromatic carbocycles. The Morgan fingerprint density at radius 1 is 0.567 bits per heavy atom. The van der Waals surface area contributed by atoms with Gasteiger partial charge in [-0.2, -0.15) is 0 Å². The van der Waals surface area contributed by atoms with Crippen molar-refractivity contribution in [2.75, 3.05) is 18.6 Å². The second-order valence-corrected chi connectivity index (χ2v) is 11.1. The number of para-hydroxylation sites is 2. The van der Waals surface area contributed by atoms with Crippen LogP contribution in [0.2, 0.25) is 0 Å². The van der Waals surface area contributed by atoms with Crippen LogP contribution in [-0.2, 0) is 4.57 Å². The van der Waals surface area contributed by atoms with Crippen molar-refractivity contribution in [3.05, 3.63) is 103 Å². The molecule has 0 aliphatic carbocycles. The van der Waals surface area contributed by atoms with E-state index in [0.717, 1.165) is 33.4 Å². The van der Waals surface area contributed by atoms with Crippen molar-refractivity contribution >= 4 is 23.8 Å². The second-order valence-electron chi connectivity index (χ2n) is 7.90. The lowest BCUT2D eigenvalue weighted by molar-refractivity contribution is 0.588. The van der Waals surface area contributed by atoms with E-state index in [1.165, 1.54) is 11.1 Å². The third-order valence-corrected chi connectivity index (χ3v) is 6.88. The molecule has 0 saturated carbocycles. The van der Waals surface area contributed by atoms with E-state index in [4.69, 9.17) is 0 Å². The minimum absolute atomic E-state index is 0.909. The Bertz CT molecular complexity index is 1240. The number of aryl methyl sites for hydroxylation is 1. The maximum absolute atomic E-state index is 12.9. The standard InChI is InChI=1S/C27H26NOP/c1-20-12-4-5-13-21(20)22-14-6-9-17-25(22)28-26-18-10-7-15-23(26)24-16-8-11-19-27(24)30(2,3)29/h4-19,28H,1-3H3. The maximum Gasteiger partial charge on any atom is 0.110 e. The van der Waals surface area contributed by atoms with Crippen LogP contribution >= 0.6 is 7.14 Å². The third-order valence-electron chi connectivity index (χ3n) is 5.33. The van der Waals surface area contributed by atoms with Crippen molar-refractivity contribution in [3.8, 4) is 22.3 Å². The van der Waals surface area contributed by atoms with E-state index in [2.05, 4.69) is 72.9 Å². The highest BCUT2D eigenvalue weighted by atomic mass is 31.2. The Kier molecular flexibility index (Phi) is 5.61. The number of anilines is 2. The van der Waals surface area contributed by atoms with Crippen LogP contribution in [0.25, 0.3) is 22.3 Å². The normalized spacial score (nSPS) is 11.3.